The lowest BCUT2D eigenvalue weighted by Gasteiger charge is -2.37. The summed E-state index contributed by atoms with van der Waals surface area (Å²) in [5.74, 6) is -0.287. The molecule has 0 bridgehead atoms. The number of aliphatic carboxylic acids is 1. The zero-order valence-corrected chi connectivity index (χ0v) is 12.6. The van der Waals surface area contributed by atoms with Crippen LogP contribution in [0.25, 0.3) is 0 Å². The number of carbonyl (C=O) groups is 1. The maximum atomic E-state index is 11.2. The normalized spacial score (nSPS) is 17.0. The molecule has 0 atom stereocenters. The Labute approximate surface area is 125 Å². The Hall–Kier alpha value is -2.09. The molecule has 5 nitrogen and oxygen atoms in total. The van der Waals surface area contributed by atoms with E-state index < -0.39 is 11.5 Å². The number of aryl methyl sites for hydroxylation is 2. The first kappa shape index (κ1) is 15.3. The molecule has 5 heteroatoms. The van der Waals surface area contributed by atoms with Gasteiger partial charge < -0.3 is 10.4 Å². The third-order valence-electron chi connectivity index (χ3n) is 4.14. The van der Waals surface area contributed by atoms with Gasteiger partial charge in [0.05, 0.1) is 12.0 Å². The summed E-state index contributed by atoms with van der Waals surface area (Å²) in [7, 11) is 0. The summed E-state index contributed by atoms with van der Waals surface area (Å²) in [5, 5.41) is 21.9. The van der Waals surface area contributed by atoms with E-state index in [0.717, 1.165) is 43.4 Å². The average molecular weight is 287 g/mol. The highest BCUT2D eigenvalue weighted by atomic mass is 16.4. The topological polar surface area (TPSA) is 86.0 Å². The van der Waals surface area contributed by atoms with Crippen LogP contribution in [0.3, 0.4) is 0 Å². The lowest BCUT2D eigenvalue weighted by atomic mass is 9.79. The van der Waals surface area contributed by atoms with Crippen molar-refractivity contribution >= 4 is 11.8 Å². The number of anilines is 1. The molecule has 1 saturated carbocycles. The van der Waals surface area contributed by atoms with Crippen LogP contribution in [0.4, 0.5) is 5.82 Å². The van der Waals surface area contributed by atoms with E-state index in [2.05, 4.69) is 16.4 Å². The monoisotopic (exact) mass is 287 g/mol. The number of hydrogen-bond acceptors (Lipinski definition) is 4. The predicted molar refractivity (Wildman–Crippen MR) is 80.1 cm³/mol. The van der Waals surface area contributed by atoms with E-state index in [1.807, 2.05) is 19.9 Å². The van der Waals surface area contributed by atoms with Crippen molar-refractivity contribution in [1.29, 1.82) is 5.26 Å². The number of carboxylic acid groups (broad SMARTS) is 1. The minimum Gasteiger partial charge on any atom is -0.481 e. The van der Waals surface area contributed by atoms with Crippen LogP contribution in [0.1, 0.15) is 55.3 Å². The molecule has 112 valence electrons. The third-order valence-corrected chi connectivity index (χ3v) is 4.14. The molecule has 0 saturated heterocycles. The zero-order chi connectivity index (χ0) is 15.5. The number of nitrogens with zero attached hydrogens (tertiary/aromatic N) is 2. The maximum Gasteiger partial charge on any atom is 0.305 e. The van der Waals surface area contributed by atoms with Gasteiger partial charge in [0.1, 0.15) is 11.9 Å². The van der Waals surface area contributed by atoms with Gasteiger partial charge in [-0.1, -0.05) is 19.3 Å². The van der Waals surface area contributed by atoms with E-state index in [1.54, 1.807) is 0 Å². The van der Waals surface area contributed by atoms with Crippen LogP contribution in [0.15, 0.2) is 6.07 Å². The fourth-order valence-electron chi connectivity index (χ4n) is 3.18. The van der Waals surface area contributed by atoms with Gasteiger partial charge in [0, 0.05) is 11.2 Å². The number of hydrogen-bond donors (Lipinski definition) is 2. The van der Waals surface area contributed by atoms with E-state index in [-0.39, 0.29) is 6.42 Å². The molecule has 21 heavy (non-hydrogen) atoms. The van der Waals surface area contributed by atoms with Gasteiger partial charge in [-0.15, -0.1) is 0 Å². The first-order valence-corrected chi connectivity index (χ1v) is 7.34. The summed E-state index contributed by atoms with van der Waals surface area (Å²) in [6, 6.07) is 4.05. The summed E-state index contributed by atoms with van der Waals surface area (Å²) >= 11 is 0. The standard InChI is InChI=1S/C16H21N3O2/c1-11-8-12(2)18-15(13(11)10-17)19-16(9-14(20)21)6-4-3-5-7-16/h8H,3-7,9H2,1-2H3,(H,18,19)(H,20,21). The van der Waals surface area contributed by atoms with Gasteiger partial charge in [-0.25, -0.2) is 4.98 Å². The Bertz CT molecular complexity index is 584. The van der Waals surface area contributed by atoms with Crippen LogP contribution in [0.5, 0.6) is 0 Å². The highest BCUT2D eigenvalue weighted by Gasteiger charge is 2.35. The van der Waals surface area contributed by atoms with E-state index >= 15 is 0 Å². The number of rotatable bonds is 4. The summed E-state index contributed by atoms with van der Waals surface area (Å²) < 4.78 is 0. The lowest BCUT2D eigenvalue weighted by molar-refractivity contribution is -0.138. The fraction of sp³-hybridized carbons (Fsp3) is 0.562. The first-order valence-electron chi connectivity index (χ1n) is 7.34. The minimum absolute atomic E-state index is 0.0620. The van der Waals surface area contributed by atoms with Crippen molar-refractivity contribution < 1.29 is 9.90 Å². The number of nitriles is 1. The number of pyridine rings is 1. The van der Waals surface area contributed by atoms with Crippen molar-refractivity contribution in [3.8, 4) is 6.07 Å². The summed E-state index contributed by atoms with van der Waals surface area (Å²) in [5.41, 5.74) is 1.73. The molecule has 2 N–H and O–H groups in total. The molecule has 1 heterocycles. The molecule has 0 aromatic carbocycles. The van der Waals surface area contributed by atoms with Gasteiger partial charge >= 0.3 is 5.97 Å². The third kappa shape index (κ3) is 3.52. The molecule has 1 aliphatic rings. The van der Waals surface area contributed by atoms with Crippen LogP contribution in [-0.2, 0) is 4.79 Å². The fourth-order valence-corrected chi connectivity index (χ4v) is 3.18. The maximum absolute atomic E-state index is 11.2. The van der Waals surface area contributed by atoms with Crippen molar-refractivity contribution in [2.24, 2.45) is 0 Å². The molecule has 1 aromatic rings. The Balaban J connectivity index is 2.37. The SMILES string of the molecule is Cc1cc(C)c(C#N)c(NC2(CC(=O)O)CCCCC2)n1. The molecule has 0 unspecified atom stereocenters. The van der Waals surface area contributed by atoms with E-state index in [1.165, 1.54) is 0 Å². The predicted octanol–water partition coefficient (Wildman–Crippen LogP) is 3.16. The molecule has 1 aliphatic carbocycles. The molecular weight excluding hydrogens is 266 g/mol. The van der Waals surface area contributed by atoms with Crippen molar-refractivity contribution in [2.45, 2.75) is 57.9 Å². The van der Waals surface area contributed by atoms with Crippen molar-refractivity contribution in [3.05, 3.63) is 22.9 Å². The van der Waals surface area contributed by atoms with Gasteiger partial charge in [0.15, 0.2) is 0 Å². The molecule has 0 aliphatic heterocycles. The first-order chi connectivity index (χ1) is 9.96. The minimum atomic E-state index is -0.813. The number of nitrogens with one attached hydrogen (secondary N) is 1. The van der Waals surface area contributed by atoms with Crippen LogP contribution in [0.2, 0.25) is 0 Å². The Morgan fingerprint density at radius 1 is 1.43 bits per heavy atom. The second-order valence-corrected chi connectivity index (χ2v) is 5.95. The Morgan fingerprint density at radius 3 is 2.67 bits per heavy atom. The summed E-state index contributed by atoms with van der Waals surface area (Å²) in [6.45, 7) is 3.76. The molecule has 0 spiro atoms. The van der Waals surface area contributed by atoms with E-state index in [4.69, 9.17) is 0 Å². The quantitative estimate of drug-likeness (QED) is 0.888. The molecule has 1 aromatic heterocycles. The molecule has 0 amide bonds. The van der Waals surface area contributed by atoms with Gasteiger partial charge in [-0.3, -0.25) is 4.79 Å². The van der Waals surface area contributed by atoms with E-state index in [9.17, 15) is 15.2 Å². The van der Waals surface area contributed by atoms with Crippen molar-refractivity contribution in [3.63, 3.8) is 0 Å². The molecular formula is C16H21N3O2. The van der Waals surface area contributed by atoms with Crippen LogP contribution in [-0.4, -0.2) is 21.6 Å². The Kier molecular flexibility index (Phi) is 4.46. The zero-order valence-electron chi connectivity index (χ0n) is 12.6. The second-order valence-electron chi connectivity index (χ2n) is 5.95. The molecule has 2 rings (SSSR count). The number of carboxylic acids is 1. The van der Waals surface area contributed by atoms with Crippen LogP contribution < -0.4 is 5.32 Å². The van der Waals surface area contributed by atoms with E-state index in [0.29, 0.717) is 11.4 Å². The lowest BCUT2D eigenvalue weighted by Crippen LogP contribution is -2.43. The van der Waals surface area contributed by atoms with Gasteiger partial charge in [-0.05, 0) is 38.3 Å². The van der Waals surface area contributed by atoms with Gasteiger partial charge in [-0.2, -0.15) is 5.26 Å². The van der Waals surface area contributed by atoms with Crippen LogP contribution >= 0.6 is 0 Å². The van der Waals surface area contributed by atoms with Crippen molar-refractivity contribution in [2.75, 3.05) is 5.32 Å². The summed E-state index contributed by atoms with van der Waals surface area (Å²) in [6.07, 6.45) is 4.82. The second kappa shape index (κ2) is 6.13. The van der Waals surface area contributed by atoms with Crippen LogP contribution in [0, 0.1) is 25.2 Å². The highest BCUT2D eigenvalue weighted by Crippen LogP contribution is 2.35. The molecule has 1 fully saturated rings. The Morgan fingerprint density at radius 2 is 2.10 bits per heavy atom. The highest BCUT2D eigenvalue weighted by molar-refractivity contribution is 5.70. The smallest absolute Gasteiger partial charge is 0.305 e. The number of aromatic nitrogens is 1. The molecule has 0 radical (unpaired) electrons. The summed E-state index contributed by atoms with van der Waals surface area (Å²) in [4.78, 5) is 15.7. The largest absolute Gasteiger partial charge is 0.481 e. The van der Waals surface area contributed by atoms with Gasteiger partial charge in [0.25, 0.3) is 0 Å². The average Bonchev–Trinajstić information content (AvgIpc) is 2.38. The van der Waals surface area contributed by atoms with Crippen molar-refractivity contribution in [1.82, 2.24) is 4.98 Å². The van der Waals surface area contributed by atoms with Gasteiger partial charge in [0.2, 0.25) is 0 Å².